The van der Waals surface area contributed by atoms with E-state index in [-0.39, 0.29) is 11.5 Å². The molecule has 0 bridgehead atoms. The zero-order valence-electron chi connectivity index (χ0n) is 9.45. The largest absolute Gasteiger partial charge is 0.494 e. The highest BCUT2D eigenvalue weighted by atomic mass is 79.9. The van der Waals surface area contributed by atoms with E-state index in [1.807, 2.05) is 31.2 Å². The van der Waals surface area contributed by atoms with Gasteiger partial charge in [-0.25, -0.2) is 0 Å². The van der Waals surface area contributed by atoms with Crippen molar-refractivity contribution >= 4 is 15.9 Å². The lowest BCUT2D eigenvalue weighted by molar-refractivity contribution is 0.0925. The molecule has 2 nitrogen and oxygen atoms in total. The zero-order chi connectivity index (χ0) is 11.6. The van der Waals surface area contributed by atoms with Crippen LogP contribution in [0.1, 0.15) is 26.2 Å². The first-order valence-electron chi connectivity index (χ1n) is 5.69. The number of halogens is 1. The molecule has 88 valence electrons. The molecule has 1 aliphatic carbocycles. The molecule has 0 saturated heterocycles. The van der Waals surface area contributed by atoms with Crippen LogP contribution < -0.4 is 4.74 Å². The first-order chi connectivity index (χ1) is 7.62. The number of hydrogen-bond acceptors (Lipinski definition) is 2. The maximum atomic E-state index is 9.61. The van der Waals surface area contributed by atoms with Gasteiger partial charge in [-0.2, -0.15) is 0 Å². The third-order valence-electron chi connectivity index (χ3n) is 3.46. The molecule has 1 fully saturated rings. The van der Waals surface area contributed by atoms with Crippen LogP contribution in [0.4, 0.5) is 0 Å². The van der Waals surface area contributed by atoms with Crippen molar-refractivity contribution < 1.29 is 9.84 Å². The van der Waals surface area contributed by atoms with Crippen LogP contribution in [0.3, 0.4) is 0 Å². The van der Waals surface area contributed by atoms with E-state index in [0.717, 1.165) is 29.5 Å². The average Bonchev–Trinajstić information content (AvgIpc) is 3.02. The number of rotatable bonds is 5. The second-order valence-corrected chi connectivity index (χ2v) is 5.51. The molecule has 0 radical (unpaired) electrons. The van der Waals surface area contributed by atoms with Crippen LogP contribution in [0.2, 0.25) is 0 Å². The molecule has 3 heteroatoms. The second-order valence-electron chi connectivity index (χ2n) is 4.59. The minimum absolute atomic E-state index is 0.148. The SMILES string of the molecule is CC(O)C1(CCOc2ccc(Br)cc2)CC1. The van der Waals surface area contributed by atoms with Gasteiger partial charge >= 0.3 is 0 Å². The molecular weight excluding hydrogens is 268 g/mol. The molecule has 0 aromatic heterocycles. The monoisotopic (exact) mass is 284 g/mol. The topological polar surface area (TPSA) is 29.5 Å². The Bertz CT molecular complexity index is 341. The van der Waals surface area contributed by atoms with E-state index >= 15 is 0 Å². The molecule has 0 heterocycles. The van der Waals surface area contributed by atoms with Gasteiger partial charge in [0.15, 0.2) is 0 Å². The quantitative estimate of drug-likeness (QED) is 0.898. The summed E-state index contributed by atoms with van der Waals surface area (Å²) >= 11 is 3.39. The van der Waals surface area contributed by atoms with Crippen molar-refractivity contribution in [2.45, 2.75) is 32.3 Å². The number of ether oxygens (including phenoxy) is 1. The number of aliphatic hydroxyl groups excluding tert-OH is 1. The van der Waals surface area contributed by atoms with Gasteiger partial charge in [0, 0.05) is 4.47 Å². The summed E-state index contributed by atoms with van der Waals surface area (Å²) < 4.78 is 6.71. The molecule has 1 atom stereocenters. The molecule has 0 aliphatic heterocycles. The van der Waals surface area contributed by atoms with E-state index in [0.29, 0.717) is 6.61 Å². The predicted molar refractivity (Wildman–Crippen MR) is 67.6 cm³/mol. The first kappa shape index (κ1) is 11.9. The van der Waals surface area contributed by atoms with Gasteiger partial charge in [0.1, 0.15) is 5.75 Å². The van der Waals surface area contributed by atoms with Crippen molar-refractivity contribution in [3.05, 3.63) is 28.7 Å². The van der Waals surface area contributed by atoms with Crippen LogP contribution >= 0.6 is 15.9 Å². The minimum Gasteiger partial charge on any atom is -0.494 e. The molecule has 1 saturated carbocycles. The standard InChI is InChI=1S/C13H17BrO2/c1-10(15)13(6-7-13)8-9-16-12-4-2-11(14)3-5-12/h2-5,10,15H,6-9H2,1H3. The Balaban J connectivity index is 1.78. The summed E-state index contributed by atoms with van der Waals surface area (Å²) in [6, 6.07) is 7.84. The maximum Gasteiger partial charge on any atom is 0.119 e. The first-order valence-corrected chi connectivity index (χ1v) is 6.48. The third kappa shape index (κ3) is 2.77. The van der Waals surface area contributed by atoms with Gasteiger partial charge in [-0.3, -0.25) is 0 Å². The van der Waals surface area contributed by atoms with Crippen LogP contribution in [-0.4, -0.2) is 17.8 Å². The summed E-state index contributed by atoms with van der Waals surface area (Å²) in [5, 5.41) is 9.61. The smallest absolute Gasteiger partial charge is 0.119 e. The van der Waals surface area contributed by atoms with Crippen molar-refractivity contribution in [3.63, 3.8) is 0 Å². The molecule has 16 heavy (non-hydrogen) atoms. The zero-order valence-corrected chi connectivity index (χ0v) is 11.0. The normalized spacial score (nSPS) is 19.2. The van der Waals surface area contributed by atoms with Gasteiger partial charge in [0.05, 0.1) is 12.7 Å². The third-order valence-corrected chi connectivity index (χ3v) is 3.99. The molecule has 1 aliphatic rings. The lowest BCUT2D eigenvalue weighted by Crippen LogP contribution is -2.20. The fourth-order valence-corrected chi connectivity index (χ4v) is 2.20. The van der Waals surface area contributed by atoms with Gasteiger partial charge in [0.2, 0.25) is 0 Å². The van der Waals surface area contributed by atoms with E-state index in [1.54, 1.807) is 0 Å². The van der Waals surface area contributed by atoms with Crippen LogP contribution in [0.5, 0.6) is 5.75 Å². The highest BCUT2D eigenvalue weighted by molar-refractivity contribution is 9.10. The van der Waals surface area contributed by atoms with E-state index in [1.165, 1.54) is 0 Å². The van der Waals surface area contributed by atoms with Crippen LogP contribution in [0, 0.1) is 5.41 Å². The summed E-state index contributed by atoms with van der Waals surface area (Å²) in [6.07, 6.45) is 3.00. The number of aliphatic hydroxyl groups is 1. The molecule has 1 unspecified atom stereocenters. The van der Waals surface area contributed by atoms with E-state index in [2.05, 4.69) is 15.9 Å². The Kier molecular flexibility index (Phi) is 3.55. The van der Waals surface area contributed by atoms with E-state index < -0.39 is 0 Å². The van der Waals surface area contributed by atoms with Crippen molar-refractivity contribution in [3.8, 4) is 5.75 Å². The summed E-state index contributed by atoms with van der Waals surface area (Å²) in [6.45, 7) is 2.57. The molecular formula is C13H17BrO2. The summed E-state index contributed by atoms with van der Waals surface area (Å²) in [4.78, 5) is 0. The Morgan fingerprint density at radius 3 is 2.50 bits per heavy atom. The van der Waals surface area contributed by atoms with E-state index in [4.69, 9.17) is 4.74 Å². The van der Waals surface area contributed by atoms with Crippen LogP contribution in [0.15, 0.2) is 28.7 Å². The Morgan fingerprint density at radius 1 is 1.38 bits per heavy atom. The van der Waals surface area contributed by atoms with Gasteiger partial charge in [-0.1, -0.05) is 15.9 Å². The lowest BCUT2D eigenvalue weighted by Gasteiger charge is -2.18. The maximum absolute atomic E-state index is 9.61. The predicted octanol–water partition coefficient (Wildman–Crippen LogP) is 3.38. The highest BCUT2D eigenvalue weighted by Gasteiger charge is 2.46. The second kappa shape index (κ2) is 4.76. The minimum atomic E-state index is -0.207. The van der Waals surface area contributed by atoms with E-state index in [9.17, 15) is 5.11 Å². The fraction of sp³-hybridized carbons (Fsp3) is 0.538. The van der Waals surface area contributed by atoms with Crippen molar-refractivity contribution in [2.24, 2.45) is 5.41 Å². The summed E-state index contributed by atoms with van der Waals surface area (Å²) in [5.41, 5.74) is 0.148. The van der Waals surface area contributed by atoms with Gasteiger partial charge in [-0.05, 0) is 55.9 Å². The fourth-order valence-electron chi connectivity index (χ4n) is 1.94. The Labute approximate surface area is 105 Å². The molecule has 1 aromatic carbocycles. The molecule has 1 aromatic rings. The molecule has 0 amide bonds. The molecule has 1 N–H and O–H groups in total. The number of benzene rings is 1. The Morgan fingerprint density at radius 2 is 2.00 bits per heavy atom. The Hall–Kier alpha value is -0.540. The lowest BCUT2D eigenvalue weighted by atomic mass is 9.97. The van der Waals surface area contributed by atoms with Crippen LogP contribution in [-0.2, 0) is 0 Å². The van der Waals surface area contributed by atoms with Crippen LogP contribution in [0.25, 0.3) is 0 Å². The average molecular weight is 285 g/mol. The number of hydrogen-bond donors (Lipinski definition) is 1. The molecule has 0 spiro atoms. The molecule has 2 rings (SSSR count). The van der Waals surface area contributed by atoms with Crippen molar-refractivity contribution in [1.29, 1.82) is 0 Å². The van der Waals surface area contributed by atoms with Crippen molar-refractivity contribution in [1.82, 2.24) is 0 Å². The van der Waals surface area contributed by atoms with Gasteiger partial charge in [0.25, 0.3) is 0 Å². The van der Waals surface area contributed by atoms with Gasteiger partial charge < -0.3 is 9.84 Å². The highest BCUT2D eigenvalue weighted by Crippen LogP contribution is 2.51. The van der Waals surface area contributed by atoms with Crippen molar-refractivity contribution in [2.75, 3.05) is 6.61 Å². The summed E-state index contributed by atoms with van der Waals surface area (Å²) in [5.74, 6) is 0.893. The van der Waals surface area contributed by atoms with Gasteiger partial charge in [-0.15, -0.1) is 0 Å². The summed E-state index contributed by atoms with van der Waals surface area (Å²) in [7, 11) is 0.